The summed E-state index contributed by atoms with van der Waals surface area (Å²) >= 11 is 0. The zero-order valence-electron chi connectivity index (χ0n) is 14.7. The van der Waals surface area contributed by atoms with Gasteiger partial charge in [-0.3, -0.25) is 4.90 Å². The van der Waals surface area contributed by atoms with Crippen LogP contribution in [0.3, 0.4) is 0 Å². The van der Waals surface area contributed by atoms with Crippen molar-refractivity contribution in [3.63, 3.8) is 0 Å². The van der Waals surface area contributed by atoms with Crippen molar-refractivity contribution in [3.8, 4) is 0 Å². The normalized spacial score (nSPS) is 15.5. The van der Waals surface area contributed by atoms with Gasteiger partial charge in [-0.2, -0.15) is 4.99 Å². The lowest BCUT2D eigenvalue weighted by Gasteiger charge is -2.31. The van der Waals surface area contributed by atoms with Crippen LogP contribution in [0.15, 0.2) is 96.0 Å². The zero-order chi connectivity index (χ0) is 17.8. The Labute approximate surface area is 153 Å². The van der Waals surface area contributed by atoms with Gasteiger partial charge in [0.25, 0.3) is 0 Å². The summed E-state index contributed by atoms with van der Waals surface area (Å²) in [6.45, 7) is 2.59. The van der Waals surface area contributed by atoms with E-state index in [1.165, 1.54) is 5.56 Å². The van der Waals surface area contributed by atoms with Crippen molar-refractivity contribution >= 4 is 23.1 Å². The maximum absolute atomic E-state index is 5.92. The van der Waals surface area contributed by atoms with Gasteiger partial charge in [0, 0.05) is 0 Å². The van der Waals surface area contributed by atoms with Gasteiger partial charge in [-0.05, 0) is 42.8 Å². The predicted octanol–water partition coefficient (Wildman–Crippen LogP) is 5.56. The van der Waals surface area contributed by atoms with Crippen LogP contribution in [-0.4, -0.2) is 12.6 Å². The van der Waals surface area contributed by atoms with Gasteiger partial charge in [-0.25, -0.2) is 0 Å². The molecule has 128 valence electrons. The second-order valence-corrected chi connectivity index (χ2v) is 6.17. The quantitative estimate of drug-likeness (QED) is 0.623. The molecule has 1 heterocycles. The van der Waals surface area contributed by atoms with Crippen molar-refractivity contribution in [1.82, 2.24) is 0 Å². The van der Waals surface area contributed by atoms with Gasteiger partial charge in [-0.1, -0.05) is 66.2 Å². The lowest BCUT2D eigenvalue weighted by molar-refractivity contribution is 0.338. The fourth-order valence-corrected chi connectivity index (χ4v) is 2.95. The molecule has 0 unspecified atom stereocenters. The number of nitrogens with zero attached hydrogens (tertiary/aromatic N) is 2. The Hall–Kier alpha value is -3.33. The van der Waals surface area contributed by atoms with E-state index in [1.807, 2.05) is 48.5 Å². The van der Waals surface area contributed by atoms with Gasteiger partial charge >= 0.3 is 6.02 Å². The molecule has 0 fully saturated rings. The topological polar surface area (TPSA) is 24.8 Å². The number of aryl methyl sites for hydroxylation is 1. The minimum Gasteiger partial charge on any atom is -0.460 e. The van der Waals surface area contributed by atoms with Crippen LogP contribution in [0.2, 0.25) is 0 Å². The first-order valence-electron chi connectivity index (χ1n) is 8.70. The number of benzene rings is 3. The first kappa shape index (κ1) is 16.2. The lowest BCUT2D eigenvalue weighted by Crippen LogP contribution is -2.35. The average molecular weight is 340 g/mol. The van der Waals surface area contributed by atoms with Crippen molar-refractivity contribution in [1.29, 1.82) is 0 Å². The van der Waals surface area contributed by atoms with E-state index >= 15 is 0 Å². The van der Waals surface area contributed by atoms with Crippen LogP contribution in [0, 0.1) is 6.92 Å². The van der Waals surface area contributed by atoms with Crippen LogP contribution in [0.4, 0.5) is 11.4 Å². The minimum atomic E-state index is 0.498. The molecule has 26 heavy (non-hydrogen) atoms. The molecule has 0 N–H and O–H groups in total. The molecule has 0 amide bonds. The smallest absolute Gasteiger partial charge is 0.302 e. The van der Waals surface area contributed by atoms with Gasteiger partial charge in [0.1, 0.15) is 6.61 Å². The van der Waals surface area contributed by atoms with Crippen LogP contribution in [0.25, 0.3) is 5.70 Å². The Bertz CT molecular complexity index is 929. The van der Waals surface area contributed by atoms with E-state index in [2.05, 4.69) is 54.3 Å². The molecule has 0 bridgehead atoms. The zero-order valence-corrected chi connectivity index (χ0v) is 14.7. The Morgan fingerprint density at radius 2 is 1.46 bits per heavy atom. The molecule has 0 saturated carbocycles. The first-order valence-corrected chi connectivity index (χ1v) is 8.70. The van der Waals surface area contributed by atoms with E-state index in [4.69, 9.17) is 9.73 Å². The maximum Gasteiger partial charge on any atom is 0.302 e. The second kappa shape index (κ2) is 7.28. The van der Waals surface area contributed by atoms with Gasteiger partial charge in [0.05, 0.1) is 17.1 Å². The summed E-state index contributed by atoms with van der Waals surface area (Å²) in [5, 5.41) is 0. The van der Waals surface area contributed by atoms with Crippen LogP contribution >= 0.6 is 0 Å². The van der Waals surface area contributed by atoms with Crippen LogP contribution < -0.4 is 4.90 Å². The van der Waals surface area contributed by atoms with Crippen molar-refractivity contribution in [2.45, 2.75) is 6.92 Å². The van der Waals surface area contributed by atoms with Crippen molar-refractivity contribution < 1.29 is 4.74 Å². The minimum absolute atomic E-state index is 0.498. The number of ether oxygens (including phenoxy) is 1. The van der Waals surface area contributed by atoms with Gasteiger partial charge in [0.2, 0.25) is 0 Å². The third-order valence-corrected chi connectivity index (χ3v) is 4.26. The molecule has 0 saturated heterocycles. The maximum atomic E-state index is 5.92. The summed E-state index contributed by atoms with van der Waals surface area (Å²) in [5.41, 5.74) is 5.36. The Morgan fingerprint density at radius 3 is 2.15 bits per heavy atom. The molecule has 3 aromatic rings. The summed E-state index contributed by atoms with van der Waals surface area (Å²) < 4.78 is 5.92. The van der Waals surface area contributed by atoms with E-state index in [0.717, 1.165) is 22.6 Å². The Morgan fingerprint density at radius 1 is 0.808 bits per heavy atom. The molecule has 1 aliphatic rings. The number of hydrogen-bond acceptors (Lipinski definition) is 2. The van der Waals surface area contributed by atoms with E-state index in [9.17, 15) is 0 Å². The fourth-order valence-electron chi connectivity index (χ4n) is 2.95. The van der Waals surface area contributed by atoms with E-state index in [-0.39, 0.29) is 0 Å². The SMILES string of the molecule is Cc1ccc(C2=CCOC(=Nc3ccccc3)N2c2ccccc2)cc1. The molecule has 0 aromatic heterocycles. The summed E-state index contributed by atoms with van der Waals surface area (Å²) in [7, 11) is 0. The molecular weight excluding hydrogens is 320 g/mol. The number of rotatable bonds is 3. The third kappa shape index (κ3) is 3.38. The second-order valence-electron chi connectivity index (χ2n) is 6.17. The lowest BCUT2D eigenvalue weighted by atomic mass is 10.1. The van der Waals surface area contributed by atoms with Crippen molar-refractivity contribution in [2.24, 2.45) is 4.99 Å². The molecule has 0 aliphatic carbocycles. The first-order chi connectivity index (χ1) is 12.8. The van der Waals surface area contributed by atoms with Crippen molar-refractivity contribution in [2.75, 3.05) is 11.5 Å². The molecule has 0 radical (unpaired) electrons. The standard InChI is InChI=1S/C23H20N2O/c1-18-12-14-19(15-13-18)22-16-17-26-23(24-20-8-4-2-5-9-20)25(22)21-10-6-3-7-11-21/h2-16H,17H2,1H3. The number of aliphatic imine (C=N–C) groups is 1. The summed E-state index contributed by atoms with van der Waals surface area (Å²) in [4.78, 5) is 6.82. The van der Waals surface area contributed by atoms with Crippen LogP contribution in [0.5, 0.6) is 0 Å². The predicted molar refractivity (Wildman–Crippen MR) is 108 cm³/mol. The number of para-hydroxylation sites is 2. The Kier molecular flexibility index (Phi) is 4.52. The average Bonchev–Trinajstić information content (AvgIpc) is 2.70. The fraction of sp³-hybridized carbons (Fsp3) is 0.0870. The molecule has 3 heteroatoms. The molecule has 3 nitrogen and oxygen atoms in total. The van der Waals surface area contributed by atoms with Gasteiger partial charge in [-0.15, -0.1) is 0 Å². The van der Waals surface area contributed by atoms with Gasteiger partial charge in [0.15, 0.2) is 0 Å². The van der Waals surface area contributed by atoms with E-state index in [0.29, 0.717) is 12.6 Å². The van der Waals surface area contributed by atoms with Crippen molar-refractivity contribution in [3.05, 3.63) is 102 Å². The summed E-state index contributed by atoms with van der Waals surface area (Å²) in [5.74, 6) is 0. The summed E-state index contributed by atoms with van der Waals surface area (Å²) in [6, 6.07) is 29.2. The van der Waals surface area contributed by atoms with Crippen LogP contribution in [-0.2, 0) is 4.74 Å². The molecule has 4 rings (SSSR count). The largest absolute Gasteiger partial charge is 0.460 e. The van der Waals surface area contributed by atoms with E-state index in [1.54, 1.807) is 0 Å². The highest BCUT2D eigenvalue weighted by molar-refractivity contribution is 6.07. The van der Waals surface area contributed by atoms with Crippen LogP contribution in [0.1, 0.15) is 11.1 Å². The summed E-state index contributed by atoms with van der Waals surface area (Å²) in [6.07, 6.45) is 2.10. The number of anilines is 1. The molecule has 0 atom stereocenters. The number of amidine groups is 1. The van der Waals surface area contributed by atoms with Gasteiger partial charge < -0.3 is 4.74 Å². The Balaban J connectivity index is 1.81. The molecular formula is C23H20N2O. The highest BCUT2D eigenvalue weighted by Gasteiger charge is 2.24. The third-order valence-electron chi connectivity index (χ3n) is 4.26. The molecule has 3 aromatic carbocycles. The monoisotopic (exact) mass is 340 g/mol. The highest BCUT2D eigenvalue weighted by Crippen LogP contribution is 2.30. The molecule has 0 spiro atoms. The highest BCUT2D eigenvalue weighted by atomic mass is 16.5. The van der Waals surface area contributed by atoms with E-state index < -0.39 is 0 Å². The molecule has 1 aliphatic heterocycles. The number of hydrogen-bond donors (Lipinski definition) is 0.